The third kappa shape index (κ3) is 3.82. The van der Waals surface area contributed by atoms with Crippen LogP contribution in [0.25, 0.3) is 17.2 Å². The lowest BCUT2D eigenvalue weighted by atomic mass is 10.1. The zero-order chi connectivity index (χ0) is 19.6. The minimum Gasteiger partial charge on any atom is -0.330 e. The first kappa shape index (κ1) is 18.2. The maximum Gasteiger partial charge on any atom is 0.269 e. The number of nitro groups is 1. The first-order valence-electron chi connectivity index (χ1n) is 7.84. The summed E-state index contributed by atoms with van der Waals surface area (Å²) in [6.45, 7) is 1.28. The van der Waals surface area contributed by atoms with Crippen molar-refractivity contribution in [1.82, 2.24) is 9.55 Å². The first-order chi connectivity index (χ1) is 12.9. The van der Waals surface area contributed by atoms with Crippen LogP contribution in [-0.4, -0.2) is 26.2 Å². The lowest BCUT2D eigenvalue weighted by Gasteiger charge is -2.07. The molecule has 0 aliphatic carbocycles. The van der Waals surface area contributed by atoms with Gasteiger partial charge in [0, 0.05) is 24.0 Å². The van der Waals surface area contributed by atoms with Crippen molar-refractivity contribution in [3.63, 3.8) is 0 Å². The Bertz CT molecular complexity index is 1140. The van der Waals surface area contributed by atoms with Crippen LogP contribution in [-0.2, 0) is 9.59 Å². The predicted octanol–water partition coefficient (Wildman–Crippen LogP) is 3.68. The molecule has 0 bridgehead atoms. The highest BCUT2D eigenvalue weighted by atomic mass is 32.1. The topological polar surface area (TPSA) is 110 Å². The summed E-state index contributed by atoms with van der Waals surface area (Å²) in [6, 6.07) is 12.6. The van der Waals surface area contributed by atoms with Crippen molar-refractivity contribution < 1.29 is 14.5 Å². The monoisotopic (exact) mass is 382 g/mol. The third-order valence-corrected chi connectivity index (χ3v) is 4.14. The molecule has 136 valence electrons. The normalized spacial score (nSPS) is 11.4. The van der Waals surface area contributed by atoms with Crippen LogP contribution >= 0.6 is 12.2 Å². The number of benzene rings is 2. The van der Waals surface area contributed by atoms with Gasteiger partial charge in [-0.2, -0.15) is 0 Å². The summed E-state index contributed by atoms with van der Waals surface area (Å²) >= 11 is 5.27. The number of non-ortho nitro benzene ring substituents is 1. The van der Waals surface area contributed by atoms with Crippen molar-refractivity contribution in [2.75, 3.05) is 5.32 Å². The van der Waals surface area contributed by atoms with Crippen molar-refractivity contribution in [3.05, 3.63) is 69.0 Å². The van der Waals surface area contributed by atoms with E-state index in [2.05, 4.69) is 10.3 Å². The number of nitrogens with one attached hydrogen (secondary N) is 2. The standard InChI is InChI=1S/C18H14N4O4S/c1-11(23)14(10-21-16-5-3-2-4-15(16)20-18(21)27)17(24)19-12-6-8-13(9-7-12)22(25)26/h2-10H,1H3,(H,19,24)(H,20,27)/b14-10+. The average molecular weight is 382 g/mol. The van der Waals surface area contributed by atoms with Crippen molar-refractivity contribution in [3.8, 4) is 0 Å². The Hall–Kier alpha value is -3.59. The Balaban J connectivity index is 1.95. The molecule has 1 aromatic heterocycles. The summed E-state index contributed by atoms with van der Waals surface area (Å²) in [7, 11) is 0. The number of H-pyrrole nitrogens is 1. The molecule has 2 N–H and O–H groups in total. The molecule has 1 heterocycles. The lowest BCUT2D eigenvalue weighted by Crippen LogP contribution is -2.19. The van der Waals surface area contributed by atoms with Gasteiger partial charge in [0.05, 0.1) is 21.5 Å². The number of carbonyl (C=O) groups excluding carboxylic acids is 2. The number of aromatic amines is 1. The van der Waals surface area contributed by atoms with Crippen LogP contribution < -0.4 is 5.32 Å². The van der Waals surface area contributed by atoms with E-state index in [1.807, 2.05) is 24.3 Å². The molecule has 0 aliphatic rings. The molecule has 0 unspecified atom stereocenters. The van der Waals surface area contributed by atoms with Crippen molar-refractivity contribution in [2.24, 2.45) is 0 Å². The van der Waals surface area contributed by atoms with Gasteiger partial charge in [-0.3, -0.25) is 24.3 Å². The fourth-order valence-electron chi connectivity index (χ4n) is 2.51. The van der Waals surface area contributed by atoms with Gasteiger partial charge < -0.3 is 10.3 Å². The summed E-state index contributed by atoms with van der Waals surface area (Å²) in [4.78, 5) is 37.7. The lowest BCUT2D eigenvalue weighted by molar-refractivity contribution is -0.384. The average Bonchev–Trinajstić information content (AvgIpc) is 2.94. The molecule has 0 fully saturated rings. The zero-order valence-electron chi connectivity index (χ0n) is 14.1. The number of carbonyl (C=O) groups is 2. The number of fused-ring (bicyclic) bond motifs is 1. The highest BCUT2D eigenvalue weighted by molar-refractivity contribution is 7.71. The summed E-state index contributed by atoms with van der Waals surface area (Å²) in [5, 5.41) is 13.3. The SMILES string of the molecule is CC(=O)/C(=C\n1c(=S)[nH]c2ccccc21)C(=O)Nc1ccc([N+](=O)[O-])cc1. The highest BCUT2D eigenvalue weighted by Gasteiger charge is 2.16. The maximum absolute atomic E-state index is 12.6. The molecule has 0 saturated heterocycles. The van der Waals surface area contributed by atoms with Gasteiger partial charge in [0.2, 0.25) is 0 Å². The van der Waals surface area contributed by atoms with Crippen LogP contribution in [0.1, 0.15) is 6.92 Å². The fraction of sp³-hybridized carbons (Fsp3) is 0.0556. The number of imidazole rings is 1. The third-order valence-electron chi connectivity index (χ3n) is 3.84. The molecule has 0 saturated carbocycles. The number of rotatable bonds is 5. The predicted molar refractivity (Wildman–Crippen MR) is 104 cm³/mol. The Labute approximate surface area is 158 Å². The van der Waals surface area contributed by atoms with E-state index in [4.69, 9.17) is 12.2 Å². The zero-order valence-corrected chi connectivity index (χ0v) is 14.9. The van der Waals surface area contributed by atoms with Gasteiger partial charge in [0.1, 0.15) is 0 Å². The van der Waals surface area contributed by atoms with Crippen molar-refractivity contribution in [1.29, 1.82) is 0 Å². The van der Waals surface area contributed by atoms with Gasteiger partial charge in [-0.25, -0.2) is 0 Å². The molecule has 0 radical (unpaired) electrons. The van der Waals surface area contributed by atoms with Crippen molar-refractivity contribution in [2.45, 2.75) is 6.92 Å². The van der Waals surface area contributed by atoms with Gasteiger partial charge in [0.25, 0.3) is 11.6 Å². The van der Waals surface area contributed by atoms with Gasteiger partial charge in [-0.05, 0) is 43.4 Å². The Morgan fingerprint density at radius 1 is 1.19 bits per heavy atom. The second kappa shape index (κ2) is 7.34. The molecular formula is C18H14N4O4S. The smallest absolute Gasteiger partial charge is 0.269 e. The summed E-state index contributed by atoms with van der Waals surface area (Å²) in [5.41, 5.74) is 1.64. The van der Waals surface area contributed by atoms with Crippen LogP contribution in [0.2, 0.25) is 0 Å². The molecule has 1 amide bonds. The first-order valence-corrected chi connectivity index (χ1v) is 8.25. The Morgan fingerprint density at radius 2 is 1.85 bits per heavy atom. The van der Waals surface area contributed by atoms with Crippen LogP contribution in [0.5, 0.6) is 0 Å². The van der Waals surface area contributed by atoms with Gasteiger partial charge in [0.15, 0.2) is 10.6 Å². The largest absolute Gasteiger partial charge is 0.330 e. The second-order valence-electron chi connectivity index (χ2n) is 5.67. The van der Waals surface area contributed by atoms with Crippen LogP contribution in [0.3, 0.4) is 0 Å². The van der Waals surface area contributed by atoms with Gasteiger partial charge in [-0.15, -0.1) is 0 Å². The van der Waals surface area contributed by atoms with Gasteiger partial charge in [-0.1, -0.05) is 12.1 Å². The minimum absolute atomic E-state index is 0.0968. The van der Waals surface area contributed by atoms with E-state index in [0.29, 0.717) is 10.5 Å². The van der Waals surface area contributed by atoms with E-state index in [9.17, 15) is 19.7 Å². The van der Waals surface area contributed by atoms with Crippen molar-refractivity contribution >= 4 is 52.5 Å². The van der Waals surface area contributed by atoms with E-state index >= 15 is 0 Å². The number of amides is 1. The van der Waals surface area contributed by atoms with E-state index in [-0.39, 0.29) is 11.3 Å². The number of anilines is 1. The van der Waals surface area contributed by atoms with Crippen LogP contribution in [0.15, 0.2) is 54.1 Å². The quantitative estimate of drug-likeness (QED) is 0.175. The van der Waals surface area contributed by atoms with Gasteiger partial charge >= 0.3 is 0 Å². The highest BCUT2D eigenvalue weighted by Crippen LogP contribution is 2.18. The summed E-state index contributed by atoms with van der Waals surface area (Å²) < 4.78 is 1.90. The number of hydrogen-bond donors (Lipinski definition) is 2. The number of nitro benzene ring substituents is 1. The number of ketones is 1. The van der Waals surface area contributed by atoms with E-state index in [1.165, 1.54) is 37.4 Å². The second-order valence-corrected chi connectivity index (χ2v) is 6.06. The molecule has 27 heavy (non-hydrogen) atoms. The number of hydrogen-bond acceptors (Lipinski definition) is 5. The molecule has 0 aliphatic heterocycles. The van der Waals surface area contributed by atoms with Crippen LogP contribution in [0.4, 0.5) is 11.4 Å². The fourth-order valence-corrected chi connectivity index (χ4v) is 2.77. The number of Topliss-reactive ketones (excluding diaryl/α,β-unsaturated/α-hetero) is 1. The number of para-hydroxylation sites is 2. The number of nitrogens with zero attached hydrogens (tertiary/aromatic N) is 2. The van der Waals surface area contributed by atoms with E-state index < -0.39 is 16.6 Å². The maximum atomic E-state index is 12.6. The van der Waals surface area contributed by atoms with Crippen LogP contribution in [0, 0.1) is 14.9 Å². The molecule has 3 rings (SSSR count). The molecule has 0 spiro atoms. The summed E-state index contributed by atoms with van der Waals surface area (Å²) in [5.74, 6) is -1.08. The Morgan fingerprint density at radius 3 is 2.48 bits per heavy atom. The van der Waals surface area contributed by atoms with E-state index in [0.717, 1.165) is 11.0 Å². The number of aromatic nitrogens is 2. The molecule has 2 aromatic carbocycles. The Kier molecular flexibility index (Phi) is 4.95. The molecule has 8 nitrogen and oxygen atoms in total. The summed E-state index contributed by atoms with van der Waals surface area (Å²) in [6.07, 6.45) is 1.38. The minimum atomic E-state index is -0.636. The molecule has 3 aromatic rings. The molecular weight excluding hydrogens is 368 g/mol. The molecule has 9 heteroatoms. The van der Waals surface area contributed by atoms with E-state index in [1.54, 1.807) is 4.57 Å². The molecule has 0 atom stereocenters.